The van der Waals surface area contributed by atoms with Crippen molar-refractivity contribution >= 4 is 53.3 Å². The standard InChI is InChI=1S/C36H23NS/c1-2-11-23(12-3-1)24-13-4-5-14-25(24)27-21-22-28-26-15-6-8-18-31(26)37-36(28)35(27)30-17-10-20-33-34(30)29-16-7-9-19-32(29)38-33/h1-22,37H. The first kappa shape index (κ1) is 21.4. The smallest absolute Gasteiger partial charge is 0.0551 e. The van der Waals surface area contributed by atoms with E-state index < -0.39 is 0 Å². The highest BCUT2D eigenvalue weighted by Gasteiger charge is 2.20. The lowest BCUT2D eigenvalue weighted by Gasteiger charge is -2.17. The highest BCUT2D eigenvalue weighted by molar-refractivity contribution is 7.25. The number of benzene rings is 6. The summed E-state index contributed by atoms with van der Waals surface area (Å²) in [6.45, 7) is 0. The largest absolute Gasteiger partial charge is 0.354 e. The third kappa shape index (κ3) is 3.17. The van der Waals surface area contributed by atoms with E-state index >= 15 is 0 Å². The normalized spacial score (nSPS) is 11.7. The van der Waals surface area contributed by atoms with Gasteiger partial charge in [0.15, 0.2) is 0 Å². The molecule has 0 saturated heterocycles. The maximum Gasteiger partial charge on any atom is 0.0551 e. The zero-order chi connectivity index (χ0) is 25.1. The van der Waals surface area contributed by atoms with Crippen LogP contribution in [0.15, 0.2) is 133 Å². The van der Waals surface area contributed by atoms with Crippen molar-refractivity contribution in [3.8, 4) is 33.4 Å². The van der Waals surface area contributed by atoms with E-state index in [1.165, 1.54) is 75.4 Å². The number of rotatable bonds is 3. The number of thiophene rings is 1. The van der Waals surface area contributed by atoms with Gasteiger partial charge in [-0.05, 0) is 46.0 Å². The summed E-state index contributed by atoms with van der Waals surface area (Å²) in [5, 5.41) is 5.17. The summed E-state index contributed by atoms with van der Waals surface area (Å²) in [7, 11) is 0. The van der Waals surface area contributed by atoms with Crippen LogP contribution >= 0.6 is 11.3 Å². The van der Waals surface area contributed by atoms with Crippen molar-refractivity contribution in [1.82, 2.24) is 4.98 Å². The molecule has 8 rings (SSSR count). The molecule has 0 aliphatic rings. The Hall–Kier alpha value is -4.66. The Kier molecular flexibility index (Phi) is 4.76. The fraction of sp³-hybridized carbons (Fsp3) is 0. The van der Waals surface area contributed by atoms with E-state index in [4.69, 9.17) is 0 Å². The van der Waals surface area contributed by atoms with Gasteiger partial charge < -0.3 is 4.98 Å². The lowest BCUT2D eigenvalue weighted by Crippen LogP contribution is -1.91. The number of fused-ring (bicyclic) bond motifs is 6. The molecule has 0 radical (unpaired) electrons. The minimum atomic E-state index is 1.17. The van der Waals surface area contributed by atoms with Crippen LogP contribution in [0.2, 0.25) is 0 Å². The Morgan fingerprint density at radius 3 is 2.00 bits per heavy atom. The van der Waals surface area contributed by atoms with Gasteiger partial charge in [-0.3, -0.25) is 0 Å². The SMILES string of the molecule is c1ccc(-c2ccccc2-c2ccc3c([nH]c4ccccc43)c2-c2cccc3sc4ccccc4c23)cc1. The first-order valence-corrected chi connectivity index (χ1v) is 13.8. The highest BCUT2D eigenvalue weighted by Crippen LogP contribution is 2.47. The van der Waals surface area contributed by atoms with Crippen LogP contribution in [0.3, 0.4) is 0 Å². The van der Waals surface area contributed by atoms with Gasteiger partial charge in [-0.2, -0.15) is 0 Å². The zero-order valence-electron chi connectivity index (χ0n) is 20.6. The summed E-state index contributed by atoms with van der Waals surface area (Å²) in [5.41, 5.74) is 9.84. The average Bonchev–Trinajstić information content (AvgIpc) is 3.56. The van der Waals surface area contributed by atoms with E-state index in [0.717, 1.165) is 0 Å². The Labute approximate surface area is 224 Å². The van der Waals surface area contributed by atoms with Gasteiger partial charge in [0.2, 0.25) is 0 Å². The maximum atomic E-state index is 3.82. The summed E-state index contributed by atoms with van der Waals surface area (Å²) in [6, 6.07) is 48.3. The molecule has 2 heteroatoms. The zero-order valence-corrected chi connectivity index (χ0v) is 21.4. The molecule has 1 nitrogen and oxygen atoms in total. The molecule has 0 bridgehead atoms. The van der Waals surface area contributed by atoms with E-state index in [2.05, 4.69) is 138 Å². The minimum absolute atomic E-state index is 1.17. The molecule has 1 N–H and O–H groups in total. The third-order valence-electron chi connectivity index (χ3n) is 7.66. The Morgan fingerprint density at radius 2 is 1.11 bits per heavy atom. The predicted octanol–water partition coefficient (Wildman–Crippen LogP) is 10.7. The van der Waals surface area contributed by atoms with Gasteiger partial charge in [-0.15, -0.1) is 11.3 Å². The summed E-state index contributed by atoms with van der Waals surface area (Å²) < 4.78 is 2.64. The van der Waals surface area contributed by atoms with Gasteiger partial charge in [0, 0.05) is 42.0 Å². The molecule has 38 heavy (non-hydrogen) atoms. The predicted molar refractivity (Wildman–Crippen MR) is 165 cm³/mol. The van der Waals surface area contributed by atoms with Crippen molar-refractivity contribution in [2.45, 2.75) is 0 Å². The van der Waals surface area contributed by atoms with Crippen molar-refractivity contribution in [2.75, 3.05) is 0 Å². The molecule has 2 heterocycles. The molecule has 0 spiro atoms. The summed E-state index contributed by atoms with van der Waals surface area (Å²) in [4.78, 5) is 3.82. The van der Waals surface area contributed by atoms with Crippen LogP contribution in [0.4, 0.5) is 0 Å². The number of H-pyrrole nitrogens is 1. The fourth-order valence-electron chi connectivity index (χ4n) is 5.99. The van der Waals surface area contributed by atoms with E-state index in [1.54, 1.807) is 0 Å². The summed E-state index contributed by atoms with van der Waals surface area (Å²) in [6.07, 6.45) is 0. The molecule has 0 aliphatic heterocycles. The second-order valence-corrected chi connectivity index (χ2v) is 10.9. The van der Waals surface area contributed by atoms with E-state index in [0.29, 0.717) is 0 Å². The lowest BCUT2D eigenvalue weighted by atomic mass is 9.87. The number of hydrogen-bond donors (Lipinski definition) is 1. The van der Waals surface area contributed by atoms with Crippen LogP contribution in [0, 0.1) is 0 Å². The molecule has 0 unspecified atom stereocenters. The van der Waals surface area contributed by atoms with Crippen LogP contribution < -0.4 is 0 Å². The minimum Gasteiger partial charge on any atom is -0.354 e. The Bertz CT molecular complexity index is 2130. The molecule has 8 aromatic rings. The second-order valence-electron chi connectivity index (χ2n) is 9.77. The van der Waals surface area contributed by atoms with Crippen LogP contribution in [0.5, 0.6) is 0 Å². The summed E-state index contributed by atoms with van der Waals surface area (Å²) in [5.74, 6) is 0. The van der Waals surface area contributed by atoms with Crippen LogP contribution in [0.25, 0.3) is 75.4 Å². The van der Waals surface area contributed by atoms with Gasteiger partial charge in [-0.1, -0.05) is 115 Å². The molecule has 178 valence electrons. The quantitative estimate of drug-likeness (QED) is 0.248. The Morgan fingerprint density at radius 1 is 0.421 bits per heavy atom. The monoisotopic (exact) mass is 501 g/mol. The number of hydrogen-bond acceptors (Lipinski definition) is 1. The number of aromatic amines is 1. The number of para-hydroxylation sites is 1. The maximum absolute atomic E-state index is 3.82. The van der Waals surface area contributed by atoms with Gasteiger partial charge in [-0.25, -0.2) is 0 Å². The molecule has 6 aromatic carbocycles. The van der Waals surface area contributed by atoms with Crippen molar-refractivity contribution in [2.24, 2.45) is 0 Å². The van der Waals surface area contributed by atoms with Crippen molar-refractivity contribution in [3.05, 3.63) is 133 Å². The van der Waals surface area contributed by atoms with E-state index in [1.807, 2.05) is 11.3 Å². The van der Waals surface area contributed by atoms with Gasteiger partial charge in [0.05, 0.1) is 5.52 Å². The van der Waals surface area contributed by atoms with Crippen molar-refractivity contribution in [3.63, 3.8) is 0 Å². The molecular formula is C36H23NS. The van der Waals surface area contributed by atoms with Crippen molar-refractivity contribution in [1.29, 1.82) is 0 Å². The fourth-order valence-corrected chi connectivity index (χ4v) is 7.13. The average molecular weight is 502 g/mol. The molecular weight excluding hydrogens is 478 g/mol. The molecule has 0 aliphatic carbocycles. The molecule has 0 amide bonds. The molecule has 0 atom stereocenters. The van der Waals surface area contributed by atoms with Gasteiger partial charge in [0.1, 0.15) is 0 Å². The second kappa shape index (κ2) is 8.44. The number of aromatic nitrogens is 1. The topological polar surface area (TPSA) is 15.8 Å². The first-order valence-electron chi connectivity index (χ1n) is 13.0. The molecule has 2 aromatic heterocycles. The highest BCUT2D eigenvalue weighted by atomic mass is 32.1. The molecule has 0 saturated carbocycles. The molecule has 0 fully saturated rings. The van der Waals surface area contributed by atoms with Crippen molar-refractivity contribution < 1.29 is 0 Å². The Balaban J connectivity index is 1.55. The first-order chi connectivity index (χ1) is 18.9. The lowest BCUT2D eigenvalue weighted by molar-refractivity contribution is 1.53. The summed E-state index contributed by atoms with van der Waals surface area (Å²) >= 11 is 1.87. The van der Waals surface area contributed by atoms with Gasteiger partial charge >= 0.3 is 0 Å². The third-order valence-corrected chi connectivity index (χ3v) is 8.79. The van der Waals surface area contributed by atoms with Crippen LogP contribution in [-0.4, -0.2) is 4.98 Å². The van der Waals surface area contributed by atoms with E-state index in [-0.39, 0.29) is 0 Å². The van der Waals surface area contributed by atoms with Gasteiger partial charge in [0.25, 0.3) is 0 Å². The van der Waals surface area contributed by atoms with Crippen LogP contribution in [0.1, 0.15) is 0 Å². The van der Waals surface area contributed by atoms with E-state index in [9.17, 15) is 0 Å². The van der Waals surface area contributed by atoms with Crippen LogP contribution in [-0.2, 0) is 0 Å². The number of nitrogens with one attached hydrogen (secondary N) is 1.